The van der Waals surface area contributed by atoms with Crippen LogP contribution in [0.2, 0.25) is 5.02 Å². The number of phenols is 1. The minimum Gasteiger partial charge on any atom is -0.503 e. The summed E-state index contributed by atoms with van der Waals surface area (Å²) < 4.78 is 5.09. The van der Waals surface area contributed by atoms with Crippen LogP contribution in [0.25, 0.3) is 0 Å². The highest BCUT2D eigenvalue weighted by molar-refractivity contribution is 6.33. The molecule has 124 valence electrons. The first-order chi connectivity index (χ1) is 11.0. The van der Waals surface area contributed by atoms with Crippen molar-refractivity contribution in [2.45, 2.75) is 26.9 Å². The number of phenolic OH excluding ortho intramolecular Hbond substituents is 1. The van der Waals surface area contributed by atoms with Gasteiger partial charge in [-0.25, -0.2) is 0 Å². The molecule has 4 nitrogen and oxygen atoms in total. The topological polar surface area (TPSA) is 45.6 Å². The molecule has 23 heavy (non-hydrogen) atoms. The van der Waals surface area contributed by atoms with Gasteiger partial charge in [0.25, 0.3) is 0 Å². The van der Waals surface area contributed by atoms with Gasteiger partial charge in [-0.3, -0.25) is 9.88 Å². The molecule has 1 N–H and O–H groups in total. The van der Waals surface area contributed by atoms with E-state index < -0.39 is 0 Å². The molecule has 2 rings (SSSR count). The van der Waals surface area contributed by atoms with Crippen LogP contribution in [0, 0.1) is 5.92 Å². The van der Waals surface area contributed by atoms with E-state index in [1.165, 1.54) is 7.11 Å². The molecule has 0 radical (unpaired) electrons. The second-order valence-electron chi connectivity index (χ2n) is 5.97. The Balaban J connectivity index is 2.19. The first kappa shape index (κ1) is 17.6. The minimum absolute atomic E-state index is 0.00556. The third-order valence-corrected chi connectivity index (χ3v) is 3.93. The molecular weight excluding hydrogens is 312 g/mol. The summed E-state index contributed by atoms with van der Waals surface area (Å²) in [5.74, 6) is 0.900. The lowest BCUT2D eigenvalue weighted by Crippen LogP contribution is -2.27. The van der Waals surface area contributed by atoms with Crippen molar-refractivity contribution in [3.63, 3.8) is 0 Å². The Morgan fingerprint density at radius 2 is 2.00 bits per heavy atom. The van der Waals surface area contributed by atoms with Crippen LogP contribution in [-0.2, 0) is 13.1 Å². The van der Waals surface area contributed by atoms with Crippen molar-refractivity contribution in [3.05, 3.63) is 52.8 Å². The first-order valence-corrected chi connectivity index (χ1v) is 8.05. The number of aromatic hydroxyl groups is 1. The van der Waals surface area contributed by atoms with E-state index >= 15 is 0 Å². The average molecular weight is 335 g/mol. The largest absolute Gasteiger partial charge is 0.503 e. The molecule has 0 spiro atoms. The Kier molecular flexibility index (Phi) is 6.25. The Bertz CT molecular complexity index is 632. The molecule has 0 aliphatic heterocycles. The summed E-state index contributed by atoms with van der Waals surface area (Å²) in [5, 5.41) is 10.4. The highest BCUT2D eigenvalue weighted by Crippen LogP contribution is 2.36. The Morgan fingerprint density at radius 3 is 2.61 bits per heavy atom. The lowest BCUT2D eigenvalue weighted by Gasteiger charge is -2.24. The molecule has 1 aromatic heterocycles. The SMILES string of the molecule is COc1ccc(CN(Cc2ccccn2)CC(C)C)c(Cl)c1O. The number of methoxy groups -OCH3 is 1. The maximum atomic E-state index is 10.1. The van der Waals surface area contributed by atoms with Crippen LogP contribution in [0.3, 0.4) is 0 Å². The Labute approximate surface area is 142 Å². The summed E-state index contributed by atoms with van der Waals surface area (Å²) in [4.78, 5) is 6.67. The van der Waals surface area contributed by atoms with Crippen LogP contribution in [-0.4, -0.2) is 28.6 Å². The summed E-state index contributed by atoms with van der Waals surface area (Å²) >= 11 is 6.29. The van der Waals surface area contributed by atoms with Crippen LogP contribution in [0.15, 0.2) is 36.5 Å². The van der Waals surface area contributed by atoms with Gasteiger partial charge < -0.3 is 9.84 Å². The van der Waals surface area contributed by atoms with E-state index in [2.05, 4.69) is 23.7 Å². The number of hydrogen-bond donors (Lipinski definition) is 1. The van der Waals surface area contributed by atoms with Gasteiger partial charge in [-0.2, -0.15) is 0 Å². The maximum absolute atomic E-state index is 10.1. The van der Waals surface area contributed by atoms with Crippen molar-refractivity contribution in [1.29, 1.82) is 0 Å². The number of hydrogen-bond acceptors (Lipinski definition) is 4. The summed E-state index contributed by atoms with van der Waals surface area (Å²) in [5.41, 5.74) is 1.89. The van der Waals surface area contributed by atoms with Gasteiger partial charge in [-0.15, -0.1) is 0 Å². The second kappa shape index (κ2) is 8.18. The zero-order valence-corrected chi connectivity index (χ0v) is 14.5. The number of rotatable bonds is 7. The smallest absolute Gasteiger partial charge is 0.177 e. The van der Waals surface area contributed by atoms with E-state index in [-0.39, 0.29) is 5.75 Å². The number of pyridine rings is 1. The van der Waals surface area contributed by atoms with Gasteiger partial charge in [0.15, 0.2) is 11.5 Å². The molecule has 0 saturated heterocycles. The molecule has 0 saturated carbocycles. The van der Waals surface area contributed by atoms with Gasteiger partial charge in [-0.1, -0.05) is 37.6 Å². The van der Waals surface area contributed by atoms with Crippen LogP contribution in [0.4, 0.5) is 0 Å². The highest BCUT2D eigenvalue weighted by Gasteiger charge is 2.16. The predicted molar refractivity (Wildman–Crippen MR) is 92.9 cm³/mol. The number of benzene rings is 1. The zero-order chi connectivity index (χ0) is 16.8. The van der Waals surface area contributed by atoms with E-state index in [1.54, 1.807) is 12.3 Å². The fourth-order valence-electron chi connectivity index (χ4n) is 2.54. The highest BCUT2D eigenvalue weighted by atomic mass is 35.5. The molecule has 1 heterocycles. The van der Waals surface area contributed by atoms with E-state index in [0.29, 0.717) is 23.2 Å². The molecule has 0 aliphatic carbocycles. The fraction of sp³-hybridized carbons (Fsp3) is 0.389. The number of nitrogens with zero attached hydrogens (tertiary/aromatic N) is 2. The van der Waals surface area contributed by atoms with Gasteiger partial charge in [0.05, 0.1) is 17.8 Å². The third-order valence-electron chi connectivity index (χ3n) is 3.51. The summed E-state index contributed by atoms with van der Waals surface area (Å²) in [6.45, 7) is 6.66. The normalized spacial score (nSPS) is 11.2. The van der Waals surface area contributed by atoms with Gasteiger partial charge in [0.1, 0.15) is 0 Å². The summed E-state index contributed by atoms with van der Waals surface area (Å²) in [6.07, 6.45) is 1.80. The molecule has 1 aromatic carbocycles. The molecule has 0 aliphatic rings. The van der Waals surface area contributed by atoms with Gasteiger partial charge in [-0.05, 0) is 29.7 Å². The van der Waals surface area contributed by atoms with E-state index in [1.807, 2.05) is 24.3 Å². The fourth-order valence-corrected chi connectivity index (χ4v) is 2.75. The van der Waals surface area contributed by atoms with Crippen molar-refractivity contribution >= 4 is 11.6 Å². The molecule has 0 unspecified atom stereocenters. The predicted octanol–water partition coefficient (Wildman–Crippen LogP) is 4.11. The lowest BCUT2D eigenvalue weighted by atomic mass is 10.1. The maximum Gasteiger partial charge on any atom is 0.177 e. The van der Waals surface area contributed by atoms with Crippen LogP contribution in [0.1, 0.15) is 25.1 Å². The van der Waals surface area contributed by atoms with Crippen LogP contribution < -0.4 is 4.74 Å². The second-order valence-corrected chi connectivity index (χ2v) is 6.35. The van der Waals surface area contributed by atoms with Crippen molar-refractivity contribution in [2.75, 3.05) is 13.7 Å². The third kappa shape index (κ3) is 4.85. The summed E-state index contributed by atoms with van der Waals surface area (Å²) in [7, 11) is 1.51. The molecule has 0 amide bonds. The Morgan fingerprint density at radius 1 is 1.22 bits per heavy atom. The minimum atomic E-state index is -0.00556. The van der Waals surface area contributed by atoms with Crippen molar-refractivity contribution < 1.29 is 9.84 Å². The molecular formula is C18H23ClN2O2. The van der Waals surface area contributed by atoms with Crippen LogP contribution >= 0.6 is 11.6 Å². The van der Waals surface area contributed by atoms with Gasteiger partial charge in [0.2, 0.25) is 0 Å². The van der Waals surface area contributed by atoms with Gasteiger partial charge in [0, 0.05) is 25.8 Å². The molecule has 2 aromatic rings. The number of halogens is 1. The first-order valence-electron chi connectivity index (χ1n) is 7.67. The number of ether oxygens (including phenoxy) is 1. The van der Waals surface area contributed by atoms with E-state index in [4.69, 9.17) is 16.3 Å². The van der Waals surface area contributed by atoms with Crippen LogP contribution in [0.5, 0.6) is 11.5 Å². The standard InChI is InChI=1S/C18H23ClN2O2/c1-13(2)10-21(12-15-6-4-5-9-20-15)11-14-7-8-16(23-3)18(22)17(14)19/h4-9,13,22H,10-12H2,1-3H3. The van der Waals surface area contributed by atoms with Crippen molar-refractivity contribution in [3.8, 4) is 11.5 Å². The molecule has 0 atom stereocenters. The molecule has 0 bridgehead atoms. The van der Waals surface area contributed by atoms with Crippen molar-refractivity contribution in [2.24, 2.45) is 5.92 Å². The van der Waals surface area contributed by atoms with E-state index in [9.17, 15) is 5.11 Å². The zero-order valence-electron chi connectivity index (χ0n) is 13.8. The summed E-state index contributed by atoms with van der Waals surface area (Å²) in [6, 6.07) is 9.55. The average Bonchev–Trinajstić information content (AvgIpc) is 2.52. The molecule has 0 fully saturated rings. The quantitative estimate of drug-likeness (QED) is 0.827. The molecule has 5 heteroatoms. The van der Waals surface area contributed by atoms with Gasteiger partial charge >= 0.3 is 0 Å². The van der Waals surface area contributed by atoms with Crippen molar-refractivity contribution in [1.82, 2.24) is 9.88 Å². The lowest BCUT2D eigenvalue weighted by molar-refractivity contribution is 0.225. The monoisotopic (exact) mass is 334 g/mol. The number of aromatic nitrogens is 1. The van der Waals surface area contributed by atoms with E-state index in [0.717, 1.165) is 24.3 Å². The Hall–Kier alpha value is -1.78.